The zero-order valence-corrected chi connectivity index (χ0v) is 11.3. The Bertz CT molecular complexity index is 462. The molecule has 0 aliphatic heterocycles. The molecular formula is C16H22N2O. The average Bonchev–Trinajstić information content (AvgIpc) is 3.11. The maximum absolute atomic E-state index is 12.1. The van der Waals surface area contributed by atoms with E-state index in [9.17, 15) is 4.79 Å². The van der Waals surface area contributed by atoms with Crippen molar-refractivity contribution in [2.45, 2.75) is 38.6 Å². The van der Waals surface area contributed by atoms with Crippen molar-refractivity contribution in [3.8, 4) is 0 Å². The van der Waals surface area contributed by atoms with Crippen LogP contribution in [0.4, 0.5) is 0 Å². The Morgan fingerprint density at radius 1 is 1.26 bits per heavy atom. The Morgan fingerprint density at radius 2 is 2.00 bits per heavy atom. The van der Waals surface area contributed by atoms with Crippen LogP contribution in [-0.4, -0.2) is 12.5 Å². The van der Waals surface area contributed by atoms with Gasteiger partial charge in [0.05, 0.1) is 0 Å². The molecule has 1 spiro atoms. The minimum absolute atomic E-state index is 0.0475. The standard InChI is InChI=1S/C16H22N2O/c17-10-12-3-5-13(6-4-12)15(19)18-11-14-2-1-7-16(14)8-9-16/h3-6,14H,1-2,7-11,17H2,(H,18,19). The first-order chi connectivity index (χ1) is 9.23. The van der Waals surface area contributed by atoms with Gasteiger partial charge < -0.3 is 11.1 Å². The maximum atomic E-state index is 12.1. The molecule has 19 heavy (non-hydrogen) atoms. The molecule has 1 aromatic rings. The molecule has 3 rings (SSSR count). The predicted molar refractivity (Wildman–Crippen MR) is 75.7 cm³/mol. The van der Waals surface area contributed by atoms with Crippen molar-refractivity contribution in [1.29, 1.82) is 0 Å². The molecule has 0 saturated heterocycles. The molecule has 1 unspecified atom stereocenters. The van der Waals surface area contributed by atoms with Crippen LogP contribution < -0.4 is 11.1 Å². The number of nitrogens with two attached hydrogens (primary N) is 1. The van der Waals surface area contributed by atoms with Crippen LogP contribution in [0, 0.1) is 11.3 Å². The molecule has 1 atom stereocenters. The third kappa shape index (κ3) is 2.52. The van der Waals surface area contributed by atoms with Gasteiger partial charge in [-0.2, -0.15) is 0 Å². The average molecular weight is 258 g/mol. The molecule has 3 nitrogen and oxygen atoms in total. The molecular weight excluding hydrogens is 236 g/mol. The van der Waals surface area contributed by atoms with E-state index in [1.54, 1.807) is 0 Å². The lowest BCUT2D eigenvalue weighted by Crippen LogP contribution is -2.31. The Kier molecular flexibility index (Phi) is 3.31. The van der Waals surface area contributed by atoms with Crippen molar-refractivity contribution in [1.82, 2.24) is 5.32 Å². The normalized spacial score (nSPS) is 23.5. The van der Waals surface area contributed by atoms with Crippen LogP contribution in [0.3, 0.4) is 0 Å². The molecule has 1 aromatic carbocycles. The number of amides is 1. The van der Waals surface area contributed by atoms with E-state index >= 15 is 0 Å². The quantitative estimate of drug-likeness (QED) is 0.871. The minimum Gasteiger partial charge on any atom is -0.352 e. The number of hydrogen-bond donors (Lipinski definition) is 2. The van der Waals surface area contributed by atoms with E-state index < -0.39 is 0 Å². The molecule has 2 aliphatic carbocycles. The third-order valence-electron chi connectivity index (χ3n) is 4.95. The fourth-order valence-corrected chi connectivity index (χ4v) is 3.46. The SMILES string of the molecule is NCc1ccc(C(=O)NCC2CCCC23CC3)cc1. The minimum atomic E-state index is 0.0475. The fourth-order valence-electron chi connectivity index (χ4n) is 3.46. The van der Waals surface area contributed by atoms with Crippen LogP contribution in [-0.2, 0) is 6.54 Å². The number of nitrogens with one attached hydrogen (secondary N) is 1. The van der Waals surface area contributed by atoms with Crippen molar-refractivity contribution in [2.75, 3.05) is 6.54 Å². The maximum Gasteiger partial charge on any atom is 0.251 e. The first kappa shape index (κ1) is 12.7. The first-order valence-corrected chi connectivity index (χ1v) is 7.31. The van der Waals surface area contributed by atoms with Crippen LogP contribution in [0.1, 0.15) is 48.0 Å². The number of hydrogen-bond acceptors (Lipinski definition) is 2. The summed E-state index contributed by atoms with van der Waals surface area (Å²) in [7, 11) is 0. The second kappa shape index (κ2) is 4.97. The molecule has 102 valence electrons. The summed E-state index contributed by atoms with van der Waals surface area (Å²) < 4.78 is 0. The summed E-state index contributed by atoms with van der Waals surface area (Å²) in [5.74, 6) is 0.756. The monoisotopic (exact) mass is 258 g/mol. The lowest BCUT2D eigenvalue weighted by molar-refractivity contribution is 0.0942. The van der Waals surface area contributed by atoms with Crippen LogP contribution in [0.5, 0.6) is 0 Å². The van der Waals surface area contributed by atoms with Crippen molar-refractivity contribution < 1.29 is 4.79 Å². The van der Waals surface area contributed by atoms with Gasteiger partial charge in [0, 0.05) is 18.7 Å². The van der Waals surface area contributed by atoms with Crippen molar-refractivity contribution in [3.05, 3.63) is 35.4 Å². The fraction of sp³-hybridized carbons (Fsp3) is 0.562. The summed E-state index contributed by atoms with van der Waals surface area (Å²) in [4.78, 5) is 12.1. The van der Waals surface area contributed by atoms with Gasteiger partial charge in [-0.05, 0) is 54.7 Å². The number of carbonyl (C=O) groups is 1. The highest BCUT2D eigenvalue weighted by molar-refractivity contribution is 5.94. The second-order valence-corrected chi connectivity index (χ2v) is 6.06. The van der Waals surface area contributed by atoms with Crippen molar-refractivity contribution in [3.63, 3.8) is 0 Å². The van der Waals surface area contributed by atoms with Crippen LogP contribution in [0.2, 0.25) is 0 Å². The lowest BCUT2D eigenvalue weighted by Gasteiger charge is -2.18. The summed E-state index contributed by atoms with van der Waals surface area (Å²) in [6.45, 7) is 1.37. The topological polar surface area (TPSA) is 55.1 Å². The lowest BCUT2D eigenvalue weighted by atomic mass is 9.93. The summed E-state index contributed by atoms with van der Waals surface area (Å²) in [5.41, 5.74) is 7.96. The molecule has 3 N–H and O–H groups in total. The summed E-state index contributed by atoms with van der Waals surface area (Å²) >= 11 is 0. The number of benzene rings is 1. The highest BCUT2D eigenvalue weighted by Gasteiger charge is 2.51. The van der Waals surface area contributed by atoms with E-state index in [1.165, 1.54) is 32.1 Å². The Labute approximate surface area is 114 Å². The smallest absolute Gasteiger partial charge is 0.251 e. The first-order valence-electron chi connectivity index (χ1n) is 7.31. The van der Waals surface area contributed by atoms with Gasteiger partial charge in [0.15, 0.2) is 0 Å². The molecule has 3 heteroatoms. The van der Waals surface area contributed by atoms with Gasteiger partial charge in [-0.15, -0.1) is 0 Å². The van der Waals surface area contributed by atoms with Gasteiger partial charge in [0.2, 0.25) is 0 Å². The van der Waals surface area contributed by atoms with Gasteiger partial charge >= 0.3 is 0 Å². The molecule has 2 saturated carbocycles. The predicted octanol–water partition coefficient (Wildman–Crippen LogP) is 2.46. The third-order valence-corrected chi connectivity index (χ3v) is 4.95. The number of rotatable bonds is 4. The zero-order chi connectivity index (χ0) is 13.3. The molecule has 0 bridgehead atoms. The van der Waals surface area contributed by atoms with Crippen LogP contribution >= 0.6 is 0 Å². The van der Waals surface area contributed by atoms with Gasteiger partial charge in [-0.25, -0.2) is 0 Å². The molecule has 0 aromatic heterocycles. The van der Waals surface area contributed by atoms with E-state index in [0.717, 1.165) is 17.7 Å². The largest absolute Gasteiger partial charge is 0.352 e. The Balaban J connectivity index is 1.56. The molecule has 2 fully saturated rings. The zero-order valence-electron chi connectivity index (χ0n) is 11.3. The summed E-state index contributed by atoms with van der Waals surface area (Å²) in [5, 5.41) is 3.10. The Hall–Kier alpha value is -1.35. The highest BCUT2D eigenvalue weighted by Crippen LogP contribution is 2.60. The molecule has 1 amide bonds. The van der Waals surface area contributed by atoms with Crippen molar-refractivity contribution in [2.24, 2.45) is 17.1 Å². The molecule has 0 heterocycles. The number of carbonyl (C=O) groups excluding carboxylic acids is 1. The Morgan fingerprint density at radius 3 is 2.63 bits per heavy atom. The summed E-state index contributed by atoms with van der Waals surface area (Å²) in [6, 6.07) is 7.57. The second-order valence-electron chi connectivity index (χ2n) is 6.06. The van der Waals surface area contributed by atoms with Crippen LogP contribution in [0.15, 0.2) is 24.3 Å². The molecule has 0 radical (unpaired) electrons. The molecule has 2 aliphatic rings. The van der Waals surface area contributed by atoms with Gasteiger partial charge in [0.1, 0.15) is 0 Å². The van der Waals surface area contributed by atoms with E-state index in [4.69, 9.17) is 5.73 Å². The van der Waals surface area contributed by atoms with Gasteiger partial charge in [0.25, 0.3) is 5.91 Å². The van der Waals surface area contributed by atoms with Gasteiger partial charge in [-0.3, -0.25) is 4.79 Å². The van der Waals surface area contributed by atoms with E-state index in [0.29, 0.717) is 17.9 Å². The van der Waals surface area contributed by atoms with Crippen molar-refractivity contribution >= 4 is 5.91 Å². The van der Waals surface area contributed by atoms with Crippen LogP contribution in [0.25, 0.3) is 0 Å². The van der Waals surface area contributed by atoms with E-state index in [1.807, 2.05) is 24.3 Å². The van der Waals surface area contributed by atoms with E-state index in [-0.39, 0.29) is 5.91 Å². The highest BCUT2D eigenvalue weighted by atomic mass is 16.1. The van der Waals surface area contributed by atoms with E-state index in [2.05, 4.69) is 5.32 Å². The summed E-state index contributed by atoms with van der Waals surface area (Å²) in [6.07, 6.45) is 6.74. The van der Waals surface area contributed by atoms with Gasteiger partial charge in [-0.1, -0.05) is 18.6 Å².